The molecule has 0 saturated carbocycles. The first kappa shape index (κ1) is 13.8. The minimum Gasteiger partial charge on any atom is -0.464 e. The molecule has 0 fully saturated rings. The molecule has 2 aromatic rings. The molecule has 0 saturated heterocycles. The summed E-state index contributed by atoms with van der Waals surface area (Å²) >= 11 is 0. The van der Waals surface area contributed by atoms with E-state index in [1.807, 2.05) is 60.7 Å². The average molecular weight is 268 g/mol. The van der Waals surface area contributed by atoms with Gasteiger partial charge in [0.05, 0.1) is 12.8 Å². The van der Waals surface area contributed by atoms with Gasteiger partial charge in [-0.25, -0.2) is 4.79 Å². The lowest BCUT2D eigenvalue weighted by Gasteiger charge is -2.06. The third-order valence-electron chi connectivity index (χ3n) is 2.73. The van der Waals surface area contributed by atoms with Gasteiger partial charge in [0.15, 0.2) is 0 Å². The molecule has 20 heavy (non-hydrogen) atoms. The third kappa shape index (κ3) is 3.95. The van der Waals surface area contributed by atoms with Gasteiger partial charge in [-0.15, -0.1) is 0 Å². The highest BCUT2D eigenvalue weighted by molar-refractivity contribution is 6.37. The van der Waals surface area contributed by atoms with Gasteiger partial charge in [0, 0.05) is 6.42 Å². The number of carbonyl (C=O) groups is 1. The van der Waals surface area contributed by atoms with Crippen LogP contribution in [0.15, 0.2) is 65.8 Å². The number of esters is 1. The summed E-state index contributed by atoms with van der Waals surface area (Å²) in [5.74, 6) is -0.433. The van der Waals surface area contributed by atoms with E-state index in [0.717, 1.165) is 11.3 Å². The van der Waals surface area contributed by atoms with Crippen LogP contribution in [0.2, 0.25) is 0 Å². The number of nitrogens with one attached hydrogen (secondary N) is 1. The van der Waals surface area contributed by atoms with Gasteiger partial charge in [0.1, 0.15) is 5.71 Å². The van der Waals surface area contributed by atoms with Crippen LogP contribution in [0.1, 0.15) is 5.56 Å². The van der Waals surface area contributed by atoms with Crippen LogP contribution in [0.4, 0.5) is 5.69 Å². The fourth-order valence-electron chi connectivity index (χ4n) is 1.71. The molecule has 2 aromatic carbocycles. The van der Waals surface area contributed by atoms with Crippen LogP contribution >= 0.6 is 0 Å². The molecular formula is C16H16N2O2. The van der Waals surface area contributed by atoms with Crippen LogP contribution in [-0.4, -0.2) is 18.8 Å². The Kier molecular flexibility index (Phi) is 4.89. The van der Waals surface area contributed by atoms with Crippen molar-refractivity contribution in [1.29, 1.82) is 0 Å². The molecule has 2 rings (SSSR count). The third-order valence-corrected chi connectivity index (χ3v) is 2.73. The number of hydrogen-bond donors (Lipinski definition) is 1. The number of anilines is 1. The zero-order valence-electron chi connectivity index (χ0n) is 11.2. The highest BCUT2D eigenvalue weighted by Crippen LogP contribution is 2.07. The molecular weight excluding hydrogens is 252 g/mol. The minimum absolute atomic E-state index is 0.336. The van der Waals surface area contributed by atoms with E-state index in [1.54, 1.807) is 0 Å². The number of carbonyl (C=O) groups excluding carboxylic acids is 1. The summed E-state index contributed by atoms with van der Waals surface area (Å²) in [6.45, 7) is 0. The SMILES string of the molecule is COC(=O)/C(Cc1ccccc1)=N\Nc1ccccc1. The number of rotatable bonds is 5. The van der Waals surface area contributed by atoms with E-state index >= 15 is 0 Å². The molecule has 0 unspecified atom stereocenters. The van der Waals surface area contributed by atoms with Gasteiger partial charge in [-0.2, -0.15) is 5.10 Å². The molecule has 4 nitrogen and oxygen atoms in total. The fraction of sp³-hybridized carbons (Fsp3) is 0.125. The zero-order valence-corrected chi connectivity index (χ0v) is 11.2. The van der Waals surface area contributed by atoms with Gasteiger partial charge in [0.25, 0.3) is 0 Å². The predicted molar refractivity (Wildman–Crippen MR) is 79.7 cm³/mol. The summed E-state index contributed by atoms with van der Waals surface area (Å²) in [6.07, 6.45) is 0.424. The smallest absolute Gasteiger partial charge is 0.354 e. The first-order valence-electron chi connectivity index (χ1n) is 6.29. The lowest BCUT2D eigenvalue weighted by molar-refractivity contribution is -0.132. The Morgan fingerprint density at radius 2 is 1.65 bits per heavy atom. The maximum Gasteiger partial charge on any atom is 0.354 e. The maximum absolute atomic E-state index is 11.7. The van der Waals surface area contributed by atoms with Gasteiger partial charge in [-0.1, -0.05) is 48.5 Å². The van der Waals surface area contributed by atoms with Gasteiger partial charge in [0.2, 0.25) is 0 Å². The largest absolute Gasteiger partial charge is 0.464 e. The van der Waals surface area contributed by atoms with Crippen molar-refractivity contribution in [2.75, 3.05) is 12.5 Å². The summed E-state index contributed by atoms with van der Waals surface area (Å²) in [7, 11) is 1.35. The molecule has 0 bridgehead atoms. The molecule has 0 atom stereocenters. The second kappa shape index (κ2) is 7.09. The van der Waals surface area contributed by atoms with Crippen molar-refractivity contribution in [2.45, 2.75) is 6.42 Å². The number of benzene rings is 2. The number of methoxy groups -OCH3 is 1. The van der Waals surface area contributed by atoms with Crippen LogP contribution in [0.3, 0.4) is 0 Å². The number of hydrazone groups is 1. The van der Waals surface area contributed by atoms with E-state index in [1.165, 1.54) is 7.11 Å². The number of nitrogens with zero attached hydrogens (tertiary/aromatic N) is 1. The maximum atomic E-state index is 11.7. The van der Waals surface area contributed by atoms with Crippen molar-refractivity contribution in [1.82, 2.24) is 0 Å². The van der Waals surface area contributed by atoms with Crippen molar-refractivity contribution < 1.29 is 9.53 Å². The Hall–Kier alpha value is -2.62. The van der Waals surface area contributed by atoms with E-state index in [2.05, 4.69) is 10.5 Å². The van der Waals surface area contributed by atoms with Crippen LogP contribution in [-0.2, 0) is 16.0 Å². The Bertz CT molecular complexity index is 580. The molecule has 0 heterocycles. The number of para-hydroxylation sites is 1. The Balaban J connectivity index is 2.13. The molecule has 1 N–H and O–H groups in total. The van der Waals surface area contributed by atoms with Gasteiger partial charge >= 0.3 is 5.97 Å². The molecule has 0 spiro atoms. The Morgan fingerprint density at radius 1 is 1.05 bits per heavy atom. The highest BCUT2D eigenvalue weighted by Gasteiger charge is 2.12. The summed E-state index contributed by atoms with van der Waals surface area (Å²) < 4.78 is 4.76. The average Bonchev–Trinajstić information content (AvgIpc) is 2.52. The first-order chi connectivity index (χ1) is 9.79. The van der Waals surface area contributed by atoms with E-state index in [0.29, 0.717) is 12.1 Å². The van der Waals surface area contributed by atoms with Crippen molar-refractivity contribution in [3.63, 3.8) is 0 Å². The first-order valence-corrected chi connectivity index (χ1v) is 6.29. The molecule has 0 aliphatic carbocycles. The second-order valence-corrected chi connectivity index (χ2v) is 4.19. The standard InChI is InChI=1S/C16H16N2O2/c1-20-16(19)15(12-13-8-4-2-5-9-13)18-17-14-10-6-3-7-11-14/h2-11,17H,12H2,1H3/b18-15-. The van der Waals surface area contributed by atoms with Gasteiger partial charge in [-0.05, 0) is 17.7 Å². The normalized spacial score (nSPS) is 10.9. The summed E-state index contributed by atoms with van der Waals surface area (Å²) in [5, 5.41) is 4.15. The summed E-state index contributed by atoms with van der Waals surface area (Å²) in [5.41, 5.74) is 5.03. The van der Waals surface area contributed by atoms with Crippen LogP contribution in [0, 0.1) is 0 Å². The molecule has 0 aliphatic rings. The van der Waals surface area contributed by atoms with Gasteiger partial charge < -0.3 is 4.74 Å². The minimum atomic E-state index is -0.433. The van der Waals surface area contributed by atoms with Crippen molar-refractivity contribution in [3.8, 4) is 0 Å². The highest BCUT2D eigenvalue weighted by atomic mass is 16.5. The Morgan fingerprint density at radius 3 is 2.25 bits per heavy atom. The second-order valence-electron chi connectivity index (χ2n) is 4.19. The van der Waals surface area contributed by atoms with E-state index < -0.39 is 5.97 Å². The zero-order chi connectivity index (χ0) is 14.2. The van der Waals surface area contributed by atoms with Crippen LogP contribution in [0.5, 0.6) is 0 Å². The van der Waals surface area contributed by atoms with Crippen molar-refractivity contribution in [3.05, 3.63) is 66.2 Å². The van der Waals surface area contributed by atoms with E-state index in [4.69, 9.17) is 4.74 Å². The fourth-order valence-corrected chi connectivity index (χ4v) is 1.71. The lowest BCUT2D eigenvalue weighted by atomic mass is 10.1. The van der Waals surface area contributed by atoms with Crippen LogP contribution in [0.25, 0.3) is 0 Å². The molecule has 0 aliphatic heterocycles. The Labute approximate surface area is 118 Å². The van der Waals surface area contributed by atoms with Crippen molar-refractivity contribution in [2.24, 2.45) is 5.10 Å². The van der Waals surface area contributed by atoms with Gasteiger partial charge in [-0.3, -0.25) is 5.43 Å². The molecule has 102 valence electrons. The monoisotopic (exact) mass is 268 g/mol. The molecule has 0 amide bonds. The van der Waals surface area contributed by atoms with Crippen LogP contribution < -0.4 is 5.43 Å². The summed E-state index contributed by atoms with van der Waals surface area (Å²) in [6, 6.07) is 19.1. The number of ether oxygens (including phenoxy) is 1. The number of hydrogen-bond acceptors (Lipinski definition) is 4. The predicted octanol–water partition coefficient (Wildman–Crippen LogP) is 2.87. The lowest BCUT2D eigenvalue weighted by Crippen LogP contribution is -2.20. The molecule has 0 aromatic heterocycles. The topological polar surface area (TPSA) is 50.7 Å². The van der Waals surface area contributed by atoms with E-state index in [9.17, 15) is 4.79 Å². The van der Waals surface area contributed by atoms with Crippen molar-refractivity contribution >= 4 is 17.4 Å². The quantitative estimate of drug-likeness (QED) is 0.515. The molecule has 0 radical (unpaired) electrons. The molecule has 4 heteroatoms. The summed E-state index contributed by atoms with van der Waals surface area (Å²) in [4.78, 5) is 11.7. The van der Waals surface area contributed by atoms with E-state index in [-0.39, 0.29) is 0 Å².